The molecule has 5 rings (SSSR count). The van der Waals surface area contributed by atoms with Gasteiger partial charge in [0.2, 0.25) is 5.91 Å². The summed E-state index contributed by atoms with van der Waals surface area (Å²) in [7, 11) is 3.10. The topological polar surface area (TPSA) is 106 Å². The van der Waals surface area contributed by atoms with Crippen molar-refractivity contribution in [1.29, 1.82) is 5.26 Å². The predicted molar refractivity (Wildman–Crippen MR) is 136 cm³/mol. The van der Waals surface area contributed by atoms with Crippen LogP contribution in [0.5, 0.6) is 11.5 Å². The molecule has 0 aliphatic carbocycles. The molecule has 4 atom stereocenters. The largest absolute Gasteiger partial charge is 0.497 e. The second kappa shape index (κ2) is 8.90. The van der Waals surface area contributed by atoms with Gasteiger partial charge in [-0.2, -0.15) is 5.26 Å². The number of carbonyl (C=O) groups excluding carboxylic acids is 2. The maximum Gasteiger partial charge on any atom is 0.241 e. The molecule has 0 radical (unpaired) electrons. The van der Waals surface area contributed by atoms with Crippen LogP contribution in [0.4, 0.5) is 5.69 Å². The fraction of sp³-hybridized carbons (Fsp3) is 0.207. The lowest BCUT2D eigenvalue weighted by atomic mass is 9.67. The van der Waals surface area contributed by atoms with Crippen LogP contribution in [-0.4, -0.2) is 38.0 Å². The number of carbonyl (C=O) groups is 2. The first-order valence-electron chi connectivity index (χ1n) is 11.5. The normalized spacial score (nSPS) is 23.8. The van der Waals surface area contributed by atoms with E-state index >= 15 is 0 Å². The number of nitrogens with zero attached hydrogens (tertiary/aromatic N) is 2. The van der Waals surface area contributed by atoms with Gasteiger partial charge in [0.05, 0.1) is 26.3 Å². The third-order valence-corrected chi connectivity index (χ3v) is 7.24. The Morgan fingerprint density at radius 1 is 0.972 bits per heavy atom. The smallest absolute Gasteiger partial charge is 0.241 e. The van der Waals surface area contributed by atoms with Crippen LogP contribution in [0.1, 0.15) is 27.4 Å². The van der Waals surface area contributed by atoms with Gasteiger partial charge in [-0.25, -0.2) is 0 Å². The minimum absolute atomic E-state index is 0.233. The Hall–Kier alpha value is -4.57. The van der Waals surface area contributed by atoms with Gasteiger partial charge in [-0.05, 0) is 41.5 Å². The van der Waals surface area contributed by atoms with E-state index in [4.69, 9.17) is 15.2 Å². The molecule has 0 saturated carbocycles. The Kier molecular flexibility index (Phi) is 5.73. The SMILES string of the molecule is COc1ccc([C@H]2[C@@H](C(=O)c3cccc(OC)c3)N3c4ccccc4C=C[C@@H]3[C@@]2(C#N)C(N)=O)cc1. The zero-order valence-electron chi connectivity index (χ0n) is 19.9. The molecule has 7 heteroatoms. The molecule has 180 valence electrons. The fourth-order valence-electron chi connectivity index (χ4n) is 5.56. The van der Waals surface area contributed by atoms with Gasteiger partial charge < -0.3 is 20.1 Å². The van der Waals surface area contributed by atoms with Crippen molar-refractivity contribution < 1.29 is 19.1 Å². The number of hydrogen-bond acceptors (Lipinski definition) is 6. The van der Waals surface area contributed by atoms with Crippen molar-refractivity contribution in [2.45, 2.75) is 18.0 Å². The quantitative estimate of drug-likeness (QED) is 0.537. The first kappa shape index (κ1) is 23.2. The number of para-hydroxylation sites is 1. The molecule has 1 saturated heterocycles. The molecule has 2 N–H and O–H groups in total. The van der Waals surface area contributed by atoms with E-state index < -0.39 is 29.3 Å². The van der Waals surface area contributed by atoms with Crippen LogP contribution in [-0.2, 0) is 4.79 Å². The third-order valence-electron chi connectivity index (χ3n) is 7.24. The summed E-state index contributed by atoms with van der Waals surface area (Å²) in [6.07, 6.45) is 3.70. The molecule has 2 aliphatic heterocycles. The maximum atomic E-state index is 14.3. The summed E-state index contributed by atoms with van der Waals surface area (Å²) in [6.45, 7) is 0. The van der Waals surface area contributed by atoms with Gasteiger partial charge in [0.1, 0.15) is 17.5 Å². The highest BCUT2D eigenvalue weighted by molar-refractivity contribution is 6.06. The van der Waals surface area contributed by atoms with Gasteiger partial charge in [0.15, 0.2) is 11.2 Å². The van der Waals surface area contributed by atoms with Crippen LogP contribution in [0, 0.1) is 16.7 Å². The summed E-state index contributed by atoms with van der Waals surface area (Å²) in [5.74, 6) is -0.687. The summed E-state index contributed by atoms with van der Waals surface area (Å²) >= 11 is 0. The molecule has 0 unspecified atom stereocenters. The van der Waals surface area contributed by atoms with Crippen molar-refractivity contribution in [3.8, 4) is 17.6 Å². The van der Waals surface area contributed by atoms with Crippen molar-refractivity contribution in [3.05, 3.63) is 95.6 Å². The predicted octanol–water partition coefficient (Wildman–Crippen LogP) is 3.95. The van der Waals surface area contributed by atoms with Crippen LogP contribution < -0.4 is 20.1 Å². The molecule has 36 heavy (non-hydrogen) atoms. The summed E-state index contributed by atoms with van der Waals surface area (Å²) in [5, 5.41) is 10.6. The molecule has 3 aromatic carbocycles. The first-order valence-corrected chi connectivity index (χ1v) is 11.5. The number of primary amides is 1. The van der Waals surface area contributed by atoms with Crippen molar-refractivity contribution in [3.63, 3.8) is 0 Å². The number of ketones is 1. The molecule has 0 bridgehead atoms. The molecule has 1 amide bonds. The van der Waals surface area contributed by atoms with Gasteiger partial charge in [-0.15, -0.1) is 0 Å². The van der Waals surface area contributed by atoms with Crippen LogP contribution >= 0.6 is 0 Å². The van der Waals surface area contributed by atoms with E-state index in [0.29, 0.717) is 22.6 Å². The van der Waals surface area contributed by atoms with E-state index in [1.165, 1.54) is 7.11 Å². The van der Waals surface area contributed by atoms with E-state index in [1.54, 1.807) is 55.6 Å². The Balaban J connectivity index is 1.78. The highest BCUT2D eigenvalue weighted by Gasteiger charge is 2.65. The van der Waals surface area contributed by atoms with E-state index in [0.717, 1.165) is 11.3 Å². The average Bonchev–Trinajstić information content (AvgIpc) is 3.24. The van der Waals surface area contributed by atoms with Crippen molar-refractivity contribution in [2.75, 3.05) is 19.1 Å². The number of amides is 1. The number of ether oxygens (including phenoxy) is 2. The molecule has 1 fully saturated rings. The summed E-state index contributed by atoms with van der Waals surface area (Å²) in [4.78, 5) is 29.4. The van der Waals surface area contributed by atoms with E-state index in [2.05, 4.69) is 6.07 Å². The Labute approximate surface area is 209 Å². The van der Waals surface area contributed by atoms with Crippen molar-refractivity contribution in [1.82, 2.24) is 0 Å². The Morgan fingerprint density at radius 3 is 2.36 bits per heavy atom. The maximum absolute atomic E-state index is 14.3. The number of fused-ring (bicyclic) bond motifs is 3. The number of nitrogens with two attached hydrogens (primary N) is 1. The second-order valence-electron chi connectivity index (χ2n) is 8.91. The van der Waals surface area contributed by atoms with Gasteiger partial charge in [0.25, 0.3) is 0 Å². The number of rotatable bonds is 6. The molecular weight excluding hydrogens is 454 g/mol. The minimum atomic E-state index is -1.70. The molecule has 7 nitrogen and oxygen atoms in total. The summed E-state index contributed by atoms with van der Waals surface area (Å²) < 4.78 is 10.7. The van der Waals surface area contributed by atoms with Crippen LogP contribution in [0.15, 0.2) is 78.9 Å². The minimum Gasteiger partial charge on any atom is -0.497 e. The van der Waals surface area contributed by atoms with E-state index in [9.17, 15) is 14.9 Å². The number of Topliss-reactive ketones (excluding diaryl/α,β-unsaturated/α-hetero) is 1. The number of methoxy groups -OCH3 is 2. The van der Waals surface area contributed by atoms with Gasteiger partial charge in [-0.3, -0.25) is 9.59 Å². The highest BCUT2D eigenvalue weighted by atomic mass is 16.5. The number of hydrogen-bond donors (Lipinski definition) is 1. The average molecular weight is 480 g/mol. The first-order chi connectivity index (χ1) is 17.5. The molecule has 3 aromatic rings. The van der Waals surface area contributed by atoms with E-state index in [-0.39, 0.29) is 5.78 Å². The third kappa shape index (κ3) is 3.34. The van der Waals surface area contributed by atoms with Crippen molar-refractivity contribution in [2.24, 2.45) is 11.1 Å². The number of nitriles is 1. The summed E-state index contributed by atoms with van der Waals surface area (Å²) in [6, 6.07) is 22.3. The zero-order chi connectivity index (χ0) is 25.4. The Morgan fingerprint density at radius 2 is 1.69 bits per heavy atom. The van der Waals surface area contributed by atoms with Gasteiger partial charge in [0, 0.05) is 17.2 Å². The Bertz CT molecular complexity index is 1410. The standard InChI is InChI=1S/C29H25N3O4/c1-35-21-13-10-19(11-14-21)25-26(27(33)20-7-5-8-22(16-20)36-2)32-23-9-4-3-6-18(23)12-15-24(32)29(25,17-30)28(31)34/h3-16,24-26H,1-2H3,(H2,31,34)/t24-,25+,26+,29-/m1/s1. The lowest BCUT2D eigenvalue weighted by Crippen LogP contribution is -2.49. The van der Waals surface area contributed by atoms with Gasteiger partial charge >= 0.3 is 0 Å². The van der Waals surface area contributed by atoms with E-state index in [1.807, 2.05) is 41.3 Å². The highest BCUT2D eigenvalue weighted by Crippen LogP contribution is 2.55. The molecule has 2 aliphatic rings. The number of anilines is 1. The summed E-state index contributed by atoms with van der Waals surface area (Å²) in [5.41, 5.74) is 7.05. The van der Waals surface area contributed by atoms with Crippen LogP contribution in [0.2, 0.25) is 0 Å². The lowest BCUT2D eigenvalue weighted by Gasteiger charge is -2.36. The monoisotopic (exact) mass is 479 g/mol. The van der Waals surface area contributed by atoms with Crippen LogP contribution in [0.25, 0.3) is 6.08 Å². The lowest BCUT2D eigenvalue weighted by molar-refractivity contribution is -0.125. The molecular formula is C29H25N3O4. The zero-order valence-corrected chi connectivity index (χ0v) is 19.9. The van der Waals surface area contributed by atoms with Gasteiger partial charge in [-0.1, -0.05) is 54.6 Å². The molecule has 0 aromatic heterocycles. The van der Waals surface area contributed by atoms with Crippen LogP contribution in [0.3, 0.4) is 0 Å². The number of benzene rings is 3. The van der Waals surface area contributed by atoms with Crippen molar-refractivity contribution >= 4 is 23.5 Å². The second-order valence-corrected chi connectivity index (χ2v) is 8.91. The molecule has 2 heterocycles. The molecule has 0 spiro atoms. The fourth-order valence-corrected chi connectivity index (χ4v) is 5.56.